The van der Waals surface area contributed by atoms with Gasteiger partial charge in [0.25, 0.3) is 0 Å². The van der Waals surface area contributed by atoms with Gasteiger partial charge >= 0.3 is 0 Å². The lowest BCUT2D eigenvalue weighted by Gasteiger charge is -2.19. The fourth-order valence-corrected chi connectivity index (χ4v) is 2.54. The first-order chi connectivity index (χ1) is 10.3. The zero-order valence-corrected chi connectivity index (χ0v) is 12.4. The second-order valence-electron chi connectivity index (χ2n) is 5.04. The van der Waals surface area contributed by atoms with E-state index in [4.69, 9.17) is 14.7 Å². The highest BCUT2D eigenvalue weighted by Gasteiger charge is 2.18. The molecule has 0 atom stereocenters. The molecule has 3 heterocycles. The van der Waals surface area contributed by atoms with Crippen LogP contribution in [0.15, 0.2) is 12.4 Å². The first-order valence-electron chi connectivity index (χ1n) is 7.27. The van der Waals surface area contributed by atoms with Crippen LogP contribution in [0.5, 0.6) is 5.88 Å². The number of ether oxygens (including phenoxy) is 1. The zero-order chi connectivity index (χ0) is 14.7. The normalized spacial score (nSPS) is 13.8. The van der Waals surface area contributed by atoms with Gasteiger partial charge < -0.3 is 10.1 Å². The molecule has 0 amide bonds. The first-order valence-corrected chi connectivity index (χ1v) is 7.27. The molecule has 2 aromatic heterocycles. The summed E-state index contributed by atoms with van der Waals surface area (Å²) < 4.78 is 5.15. The molecule has 0 aromatic carbocycles. The Kier molecular flexibility index (Phi) is 4.06. The van der Waals surface area contributed by atoms with Crippen LogP contribution in [0.3, 0.4) is 0 Å². The molecule has 6 heteroatoms. The van der Waals surface area contributed by atoms with E-state index in [2.05, 4.69) is 22.2 Å². The van der Waals surface area contributed by atoms with Crippen LogP contribution in [-0.4, -0.2) is 33.6 Å². The van der Waals surface area contributed by atoms with E-state index < -0.39 is 0 Å². The van der Waals surface area contributed by atoms with Gasteiger partial charge in [-0.05, 0) is 6.42 Å². The van der Waals surface area contributed by atoms with Gasteiger partial charge in [-0.25, -0.2) is 19.9 Å². The Morgan fingerprint density at radius 1 is 1.29 bits per heavy atom. The Hall–Kier alpha value is -2.08. The Labute approximate surface area is 124 Å². The third-order valence-electron chi connectivity index (χ3n) is 3.59. The lowest BCUT2D eigenvalue weighted by Crippen LogP contribution is -2.27. The topological polar surface area (TPSA) is 72.8 Å². The van der Waals surface area contributed by atoms with Crippen LogP contribution in [0, 0.1) is 0 Å². The molecule has 0 fully saturated rings. The van der Waals surface area contributed by atoms with E-state index in [1.165, 1.54) is 11.9 Å². The zero-order valence-electron chi connectivity index (χ0n) is 12.4. The third kappa shape index (κ3) is 2.85. The number of hydrogen-bond donors (Lipinski definition) is 1. The summed E-state index contributed by atoms with van der Waals surface area (Å²) in [5, 5.41) is 3.39. The molecule has 110 valence electrons. The van der Waals surface area contributed by atoms with Gasteiger partial charge in [0.05, 0.1) is 12.8 Å². The predicted octanol–water partition coefficient (Wildman–Crippen LogP) is 1.54. The van der Waals surface area contributed by atoms with E-state index in [1.54, 1.807) is 13.2 Å². The van der Waals surface area contributed by atoms with Gasteiger partial charge in [-0.3, -0.25) is 0 Å². The molecule has 0 saturated carbocycles. The van der Waals surface area contributed by atoms with Crippen LogP contribution < -0.4 is 10.1 Å². The average molecular weight is 285 g/mol. The molecular formula is C15H19N5O. The largest absolute Gasteiger partial charge is 0.481 e. The summed E-state index contributed by atoms with van der Waals surface area (Å²) in [5.74, 6) is 1.19. The molecule has 1 N–H and O–H groups in total. The fraction of sp³-hybridized carbons (Fsp3) is 0.467. The maximum atomic E-state index is 5.15. The number of aromatic nitrogens is 4. The van der Waals surface area contributed by atoms with Gasteiger partial charge in [-0.2, -0.15) is 0 Å². The van der Waals surface area contributed by atoms with Crippen molar-refractivity contribution in [2.45, 2.75) is 32.7 Å². The molecule has 0 unspecified atom stereocenters. The van der Waals surface area contributed by atoms with Crippen molar-refractivity contribution in [3.63, 3.8) is 0 Å². The van der Waals surface area contributed by atoms with E-state index in [0.29, 0.717) is 17.4 Å². The van der Waals surface area contributed by atoms with Crippen molar-refractivity contribution in [3.05, 3.63) is 29.3 Å². The van der Waals surface area contributed by atoms with Gasteiger partial charge in [-0.1, -0.05) is 13.3 Å². The quantitative estimate of drug-likeness (QED) is 0.918. The maximum Gasteiger partial charge on any atom is 0.216 e. The Morgan fingerprint density at radius 3 is 3.00 bits per heavy atom. The highest BCUT2D eigenvalue weighted by Crippen LogP contribution is 2.22. The smallest absolute Gasteiger partial charge is 0.216 e. The monoisotopic (exact) mass is 285 g/mol. The van der Waals surface area contributed by atoms with E-state index in [-0.39, 0.29) is 0 Å². The van der Waals surface area contributed by atoms with Gasteiger partial charge in [0.2, 0.25) is 5.88 Å². The van der Waals surface area contributed by atoms with Crippen molar-refractivity contribution in [2.75, 3.05) is 13.7 Å². The summed E-state index contributed by atoms with van der Waals surface area (Å²) in [6.07, 6.45) is 4.44. The van der Waals surface area contributed by atoms with E-state index in [9.17, 15) is 0 Å². The van der Waals surface area contributed by atoms with E-state index in [1.807, 2.05) is 0 Å². The summed E-state index contributed by atoms with van der Waals surface area (Å²) in [7, 11) is 1.59. The number of nitrogens with one attached hydrogen (secondary N) is 1. The van der Waals surface area contributed by atoms with Crippen molar-refractivity contribution in [2.24, 2.45) is 0 Å². The minimum Gasteiger partial charge on any atom is -0.481 e. The van der Waals surface area contributed by atoms with E-state index in [0.717, 1.165) is 43.7 Å². The number of fused-ring (bicyclic) bond motifs is 1. The summed E-state index contributed by atoms with van der Waals surface area (Å²) in [6.45, 7) is 3.98. The SMILES string of the molecule is CCCc1nc(-c2cc(OC)ncn2)nc2c1CNCC2. The fourth-order valence-electron chi connectivity index (χ4n) is 2.54. The van der Waals surface area contributed by atoms with Crippen molar-refractivity contribution in [1.82, 2.24) is 25.3 Å². The van der Waals surface area contributed by atoms with Crippen LogP contribution in [0.25, 0.3) is 11.5 Å². The molecule has 1 aliphatic rings. The van der Waals surface area contributed by atoms with Crippen LogP contribution in [0.2, 0.25) is 0 Å². The lowest BCUT2D eigenvalue weighted by atomic mass is 10.0. The van der Waals surface area contributed by atoms with Gasteiger partial charge in [-0.15, -0.1) is 0 Å². The summed E-state index contributed by atoms with van der Waals surface area (Å²) >= 11 is 0. The minimum absolute atomic E-state index is 0.528. The number of nitrogens with zero attached hydrogens (tertiary/aromatic N) is 4. The molecule has 0 aliphatic carbocycles. The standard InChI is InChI=1S/C15H19N5O/c1-3-4-11-10-8-16-6-5-12(10)20-15(19-11)13-7-14(21-2)18-9-17-13/h7,9,16H,3-6,8H2,1-2H3. The van der Waals surface area contributed by atoms with Crippen LogP contribution in [0.4, 0.5) is 0 Å². The van der Waals surface area contributed by atoms with Crippen molar-refractivity contribution in [3.8, 4) is 17.4 Å². The van der Waals surface area contributed by atoms with E-state index >= 15 is 0 Å². The molecule has 6 nitrogen and oxygen atoms in total. The highest BCUT2D eigenvalue weighted by molar-refractivity contribution is 5.52. The van der Waals surface area contributed by atoms with Gasteiger partial charge in [0.15, 0.2) is 5.82 Å². The Bertz CT molecular complexity index is 644. The van der Waals surface area contributed by atoms with Gasteiger partial charge in [0, 0.05) is 36.8 Å². The second kappa shape index (κ2) is 6.13. The minimum atomic E-state index is 0.528. The van der Waals surface area contributed by atoms with Crippen molar-refractivity contribution < 1.29 is 4.74 Å². The molecular weight excluding hydrogens is 266 g/mol. The molecule has 0 saturated heterocycles. The number of aryl methyl sites for hydroxylation is 1. The summed E-state index contributed by atoms with van der Waals surface area (Å²) in [4.78, 5) is 17.7. The van der Waals surface area contributed by atoms with Crippen LogP contribution in [0.1, 0.15) is 30.3 Å². The third-order valence-corrected chi connectivity index (χ3v) is 3.59. The van der Waals surface area contributed by atoms with Crippen LogP contribution in [-0.2, 0) is 19.4 Å². The van der Waals surface area contributed by atoms with Crippen molar-refractivity contribution >= 4 is 0 Å². The second-order valence-corrected chi connectivity index (χ2v) is 5.04. The highest BCUT2D eigenvalue weighted by atomic mass is 16.5. The van der Waals surface area contributed by atoms with Crippen molar-refractivity contribution in [1.29, 1.82) is 0 Å². The summed E-state index contributed by atoms with van der Waals surface area (Å²) in [5.41, 5.74) is 4.23. The number of rotatable bonds is 4. The molecule has 1 aliphatic heterocycles. The number of hydrogen-bond acceptors (Lipinski definition) is 6. The van der Waals surface area contributed by atoms with Crippen LogP contribution >= 0.6 is 0 Å². The molecule has 0 bridgehead atoms. The molecule has 0 radical (unpaired) electrons. The molecule has 0 spiro atoms. The summed E-state index contributed by atoms with van der Waals surface area (Å²) in [6, 6.07) is 1.78. The Morgan fingerprint density at radius 2 is 2.19 bits per heavy atom. The number of methoxy groups -OCH3 is 1. The average Bonchev–Trinajstić information content (AvgIpc) is 2.55. The lowest BCUT2D eigenvalue weighted by molar-refractivity contribution is 0.397. The van der Waals surface area contributed by atoms with Gasteiger partial charge in [0.1, 0.15) is 12.0 Å². The molecule has 21 heavy (non-hydrogen) atoms. The molecule has 3 rings (SSSR count). The maximum absolute atomic E-state index is 5.15. The Balaban J connectivity index is 2.07. The molecule has 2 aromatic rings. The predicted molar refractivity (Wildman–Crippen MR) is 79.0 cm³/mol. The first kappa shape index (κ1) is 13.9.